The van der Waals surface area contributed by atoms with Crippen molar-refractivity contribution in [1.82, 2.24) is 0 Å². The van der Waals surface area contributed by atoms with E-state index in [9.17, 15) is 4.57 Å². The molecule has 0 amide bonds. The van der Waals surface area contributed by atoms with Gasteiger partial charge in [0.2, 0.25) is 13.4 Å². The monoisotopic (exact) mass is 255 g/mol. The Morgan fingerprint density at radius 3 is 2.35 bits per heavy atom. The number of benzene rings is 1. The van der Waals surface area contributed by atoms with Gasteiger partial charge in [0.1, 0.15) is 13.2 Å². The van der Waals surface area contributed by atoms with E-state index >= 15 is 0 Å². The van der Waals surface area contributed by atoms with Gasteiger partial charge in [0.05, 0.1) is 21.1 Å². The van der Waals surface area contributed by atoms with Crippen LogP contribution in [0.2, 0.25) is 0 Å². The van der Waals surface area contributed by atoms with Crippen molar-refractivity contribution in [2.24, 2.45) is 0 Å². The molecule has 17 heavy (non-hydrogen) atoms. The van der Waals surface area contributed by atoms with E-state index in [0.29, 0.717) is 17.6 Å². The molecule has 1 aromatic carbocycles. The van der Waals surface area contributed by atoms with E-state index in [-0.39, 0.29) is 0 Å². The highest BCUT2D eigenvalue weighted by Gasteiger charge is 2.11. The van der Waals surface area contributed by atoms with Crippen LogP contribution in [0, 0.1) is 5.39 Å². The Bertz CT molecular complexity index is 432. The maximum atomic E-state index is 11.8. The van der Waals surface area contributed by atoms with Gasteiger partial charge in [-0.25, -0.2) is 0 Å². The number of diazo groups is 1. The summed E-state index contributed by atoms with van der Waals surface area (Å²) in [6.45, 7) is 1.27. The third-order valence-corrected chi connectivity index (χ3v) is 3.48. The van der Waals surface area contributed by atoms with Gasteiger partial charge in [-0.1, -0.05) is 0 Å². The van der Waals surface area contributed by atoms with Crippen LogP contribution < -0.4 is 5.30 Å². The molecule has 1 unspecified atom stereocenters. The molecule has 0 fully saturated rings. The lowest BCUT2D eigenvalue weighted by Gasteiger charge is -2.23. The summed E-state index contributed by atoms with van der Waals surface area (Å²) in [4.78, 5) is 3.03. The molecular weight excluding hydrogens is 237 g/mol. The molecular formula is C11H18N3O2P+2. The van der Waals surface area contributed by atoms with Crippen molar-refractivity contribution < 1.29 is 13.6 Å². The predicted molar refractivity (Wildman–Crippen MR) is 68.7 cm³/mol. The second-order valence-corrected chi connectivity index (χ2v) is 6.24. The SMILES string of the molecule is C[N+](C)(C)CCO[PH](=O)c1ccc([N+]#N)cc1. The van der Waals surface area contributed by atoms with Crippen molar-refractivity contribution in [3.05, 3.63) is 29.2 Å². The fourth-order valence-corrected chi connectivity index (χ4v) is 2.04. The Morgan fingerprint density at radius 1 is 1.29 bits per heavy atom. The molecule has 92 valence electrons. The van der Waals surface area contributed by atoms with Gasteiger partial charge in [-0.3, -0.25) is 4.57 Å². The average Bonchev–Trinajstić information content (AvgIpc) is 2.27. The van der Waals surface area contributed by atoms with E-state index in [1.165, 1.54) is 0 Å². The van der Waals surface area contributed by atoms with E-state index in [1.54, 1.807) is 24.3 Å². The number of hydrogen-bond acceptors (Lipinski definition) is 3. The minimum absolute atomic E-state index is 0.440. The highest BCUT2D eigenvalue weighted by molar-refractivity contribution is 7.48. The first-order chi connectivity index (χ1) is 7.92. The van der Waals surface area contributed by atoms with Gasteiger partial charge < -0.3 is 9.01 Å². The zero-order chi connectivity index (χ0) is 12.9. The molecule has 0 aliphatic heterocycles. The van der Waals surface area contributed by atoms with E-state index in [1.807, 2.05) is 0 Å². The highest BCUT2D eigenvalue weighted by atomic mass is 31.1. The molecule has 1 rings (SSSR count). The van der Waals surface area contributed by atoms with Crippen LogP contribution in [0.15, 0.2) is 24.3 Å². The second kappa shape index (κ2) is 5.92. The topological polar surface area (TPSA) is 54.5 Å². The summed E-state index contributed by atoms with van der Waals surface area (Å²) in [5.41, 5.74) is 0.440. The lowest BCUT2D eigenvalue weighted by Crippen LogP contribution is -2.37. The molecule has 0 bridgehead atoms. The van der Waals surface area contributed by atoms with Crippen LogP contribution in [0.1, 0.15) is 0 Å². The first-order valence-electron chi connectivity index (χ1n) is 5.35. The zero-order valence-electron chi connectivity index (χ0n) is 10.4. The van der Waals surface area contributed by atoms with Gasteiger partial charge in [-0.05, 0) is 12.1 Å². The summed E-state index contributed by atoms with van der Waals surface area (Å²) in [7, 11) is 3.96. The van der Waals surface area contributed by atoms with Crippen molar-refractivity contribution in [3.63, 3.8) is 0 Å². The smallest absolute Gasteiger partial charge is 0.329 e. The van der Waals surface area contributed by atoms with Crippen molar-refractivity contribution in [2.75, 3.05) is 34.3 Å². The standard InChI is InChI=1S/C11H18N3O2P/c1-14(2,3)8-9-16-17(15)11-6-4-10(13-12)5-7-11/h4-7,17H,8-9H2,1-3H3/q+2. The quantitative estimate of drug-likeness (QED) is 0.459. The largest absolute Gasteiger partial charge is 0.385 e. The lowest BCUT2D eigenvalue weighted by atomic mass is 10.3. The van der Waals surface area contributed by atoms with Gasteiger partial charge in [0.25, 0.3) is 0 Å². The summed E-state index contributed by atoms with van der Waals surface area (Å²) in [6.07, 6.45) is 0. The molecule has 6 heteroatoms. The Kier molecular flexibility index (Phi) is 4.83. The molecule has 0 saturated carbocycles. The van der Waals surface area contributed by atoms with Crippen molar-refractivity contribution in [2.45, 2.75) is 0 Å². The number of nitrogens with zero attached hydrogens (tertiary/aromatic N) is 3. The fourth-order valence-electron chi connectivity index (χ4n) is 1.16. The third kappa shape index (κ3) is 5.10. The maximum absolute atomic E-state index is 11.8. The number of hydrogen-bond donors (Lipinski definition) is 0. The summed E-state index contributed by atoms with van der Waals surface area (Å²) in [5.74, 6) is 0. The van der Waals surface area contributed by atoms with Crippen molar-refractivity contribution in [1.29, 1.82) is 5.39 Å². The van der Waals surface area contributed by atoms with E-state index in [2.05, 4.69) is 26.1 Å². The van der Waals surface area contributed by atoms with Gasteiger partial charge in [0.15, 0.2) is 4.98 Å². The molecule has 0 heterocycles. The van der Waals surface area contributed by atoms with Crippen LogP contribution in [0.5, 0.6) is 0 Å². The maximum Gasteiger partial charge on any atom is 0.385 e. The molecule has 0 aromatic heterocycles. The molecule has 0 aliphatic rings. The minimum atomic E-state index is -2.20. The van der Waals surface area contributed by atoms with Crippen molar-refractivity contribution >= 4 is 19.0 Å². The first-order valence-corrected chi connectivity index (χ1v) is 6.67. The zero-order valence-corrected chi connectivity index (χ0v) is 11.4. The van der Waals surface area contributed by atoms with Crippen LogP contribution in [0.4, 0.5) is 5.69 Å². The fraction of sp³-hybridized carbons (Fsp3) is 0.455. The van der Waals surface area contributed by atoms with Crippen LogP contribution in [-0.2, 0) is 9.09 Å². The molecule has 0 N–H and O–H groups in total. The average molecular weight is 255 g/mol. The van der Waals surface area contributed by atoms with E-state index in [4.69, 9.17) is 9.92 Å². The van der Waals surface area contributed by atoms with Crippen LogP contribution in [0.3, 0.4) is 0 Å². The number of likely N-dealkylation sites (N-methyl/N-ethyl adjacent to an activating group) is 1. The molecule has 1 atom stereocenters. The molecule has 0 aliphatic carbocycles. The van der Waals surface area contributed by atoms with Gasteiger partial charge in [-0.15, -0.1) is 0 Å². The Balaban J connectivity index is 2.50. The summed E-state index contributed by atoms with van der Waals surface area (Å²) < 4.78 is 17.9. The van der Waals surface area contributed by atoms with Crippen LogP contribution >= 0.6 is 8.03 Å². The molecule has 0 saturated heterocycles. The van der Waals surface area contributed by atoms with Gasteiger partial charge in [-0.2, -0.15) is 0 Å². The Labute approximate surface area is 102 Å². The second-order valence-electron chi connectivity index (χ2n) is 4.80. The minimum Gasteiger partial charge on any atom is -0.329 e. The number of quaternary nitrogens is 1. The van der Waals surface area contributed by atoms with Gasteiger partial charge in [0, 0.05) is 17.4 Å². The normalized spacial score (nSPS) is 13.1. The summed E-state index contributed by atoms with van der Waals surface area (Å²) in [6, 6.07) is 6.51. The Morgan fingerprint density at radius 2 is 1.88 bits per heavy atom. The van der Waals surface area contributed by atoms with E-state index in [0.717, 1.165) is 11.0 Å². The summed E-state index contributed by atoms with van der Waals surface area (Å²) in [5, 5.41) is 9.16. The molecule has 5 nitrogen and oxygen atoms in total. The summed E-state index contributed by atoms with van der Waals surface area (Å²) >= 11 is 0. The molecule has 0 spiro atoms. The molecule has 0 radical (unpaired) electrons. The van der Waals surface area contributed by atoms with Crippen LogP contribution in [-0.4, -0.2) is 38.8 Å². The predicted octanol–water partition coefficient (Wildman–Crippen LogP) is 1.99. The Hall–Kier alpha value is -1.21. The van der Waals surface area contributed by atoms with Crippen molar-refractivity contribution in [3.8, 4) is 0 Å². The highest BCUT2D eigenvalue weighted by Crippen LogP contribution is 2.22. The number of rotatable bonds is 5. The lowest BCUT2D eigenvalue weighted by molar-refractivity contribution is -0.870. The van der Waals surface area contributed by atoms with E-state index < -0.39 is 8.03 Å². The first kappa shape index (κ1) is 13.9. The van der Waals surface area contributed by atoms with Crippen LogP contribution in [0.25, 0.3) is 4.98 Å². The van der Waals surface area contributed by atoms with Gasteiger partial charge >= 0.3 is 5.69 Å². The molecule has 1 aromatic rings. The third-order valence-electron chi connectivity index (χ3n) is 2.21.